The van der Waals surface area contributed by atoms with Crippen molar-refractivity contribution < 1.29 is 18.0 Å². The number of fused-ring (bicyclic) bond motifs is 1. The molecule has 2 aliphatic rings. The number of amides is 1. The average molecular weight is 417 g/mol. The van der Waals surface area contributed by atoms with Crippen LogP contribution in [0.4, 0.5) is 18.9 Å². The molecule has 2 aromatic rings. The van der Waals surface area contributed by atoms with Crippen molar-refractivity contribution in [2.24, 2.45) is 0 Å². The van der Waals surface area contributed by atoms with Gasteiger partial charge in [-0.2, -0.15) is 13.2 Å². The lowest BCUT2D eigenvalue weighted by Crippen LogP contribution is -2.37. The van der Waals surface area contributed by atoms with Crippen molar-refractivity contribution in [2.45, 2.75) is 31.5 Å². The lowest BCUT2D eigenvalue weighted by Gasteiger charge is -2.29. The van der Waals surface area contributed by atoms with E-state index in [0.29, 0.717) is 6.54 Å². The highest BCUT2D eigenvalue weighted by Crippen LogP contribution is 2.32. The van der Waals surface area contributed by atoms with Gasteiger partial charge < -0.3 is 10.2 Å². The topological polar surface area (TPSA) is 35.6 Å². The minimum atomic E-state index is -4.47. The first-order valence-electron chi connectivity index (χ1n) is 10.4. The molecule has 1 amide bonds. The molecule has 2 aliphatic heterocycles. The maximum atomic E-state index is 13.0. The Morgan fingerprint density at radius 2 is 1.87 bits per heavy atom. The highest BCUT2D eigenvalue weighted by Gasteiger charge is 2.31. The van der Waals surface area contributed by atoms with Crippen molar-refractivity contribution in [1.29, 1.82) is 0 Å². The van der Waals surface area contributed by atoms with Crippen molar-refractivity contribution >= 4 is 11.6 Å². The highest BCUT2D eigenvalue weighted by molar-refractivity contribution is 5.94. The van der Waals surface area contributed by atoms with Crippen molar-refractivity contribution in [3.63, 3.8) is 0 Å². The van der Waals surface area contributed by atoms with Crippen LogP contribution in [-0.2, 0) is 12.6 Å². The van der Waals surface area contributed by atoms with Crippen molar-refractivity contribution in [2.75, 3.05) is 38.1 Å². The Bertz CT molecular complexity index is 922. The van der Waals surface area contributed by atoms with E-state index in [-0.39, 0.29) is 11.6 Å². The maximum absolute atomic E-state index is 13.0. The van der Waals surface area contributed by atoms with Crippen LogP contribution in [0, 0.1) is 0 Å². The number of halogens is 3. The first-order valence-corrected chi connectivity index (χ1v) is 10.4. The Hall–Kier alpha value is -2.54. The first kappa shape index (κ1) is 20.7. The predicted molar refractivity (Wildman–Crippen MR) is 111 cm³/mol. The summed E-state index contributed by atoms with van der Waals surface area (Å²) in [4.78, 5) is 17.2. The first-order chi connectivity index (χ1) is 14.3. The number of anilines is 1. The second-order valence-corrected chi connectivity index (χ2v) is 8.11. The van der Waals surface area contributed by atoms with Gasteiger partial charge in [-0.1, -0.05) is 18.2 Å². The van der Waals surface area contributed by atoms with Crippen LogP contribution in [0.2, 0.25) is 0 Å². The molecule has 160 valence electrons. The molecule has 1 fully saturated rings. The molecule has 1 unspecified atom stereocenters. The number of hydrogen-bond acceptors (Lipinski definition) is 3. The molecular formula is C23H26F3N3O. The van der Waals surface area contributed by atoms with E-state index in [2.05, 4.69) is 40.4 Å². The molecule has 4 nitrogen and oxygen atoms in total. The second kappa shape index (κ2) is 8.30. The van der Waals surface area contributed by atoms with Gasteiger partial charge in [0.05, 0.1) is 11.6 Å². The summed E-state index contributed by atoms with van der Waals surface area (Å²) in [6.45, 7) is 3.28. The molecule has 0 aliphatic carbocycles. The van der Waals surface area contributed by atoms with Crippen LogP contribution in [0.1, 0.15) is 45.9 Å². The van der Waals surface area contributed by atoms with E-state index >= 15 is 0 Å². The molecule has 2 heterocycles. The van der Waals surface area contributed by atoms with Gasteiger partial charge in [0.2, 0.25) is 0 Å². The molecule has 1 saturated heterocycles. The largest absolute Gasteiger partial charge is 0.416 e. The second-order valence-electron chi connectivity index (χ2n) is 8.11. The predicted octanol–water partition coefficient (Wildman–Crippen LogP) is 4.26. The standard InChI is InChI=1S/C23H26F3N3O/c1-28-12-9-17-13-16(7-8-20(17)28)21(29-10-2-3-11-29)15-27-22(30)18-5-4-6-19(14-18)23(24,25)26/h4-8,13-14,21H,2-3,9-12,15H2,1H3,(H,27,30). The van der Waals surface area contributed by atoms with Gasteiger partial charge in [0, 0.05) is 31.4 Å². The van der Waals surface area contributed by atoms with Crippen molar-refractivity contribution in [3.05, 3.63) is 64.7 Å². The van der Waals surface area contributed by atoms with Gasteiger partial charge in [-0.25, -0.2) is 0 Å². The zero-order valence-corrected chi connectivity index (χ0v) is 17.0. The van der Waals surface area contributed by atoms with Gasteiger partial charge in [-0.3, -0.25) is 9.69 Å². The summed E-state index contributed by atoms with van der Waals surface area (Å²) >= 11 is 0. The summed E-state index contributed by atoms with van der Waals surface area (Å²) < 4.78 is 38.9. The third-order valence-electron chi connectivity index (χ3n) is 6.11. The van der Waals surface area contributed by atoms with E-state index < -0.39 is 17.6 Å². The zero-order chi connectivity index (χ0) is 21.3. The molecule has 7 heteroatoms. The molecule has 0 radical (unpaired) electrons. The third kappa shape index (κ3) is 4.31. The van der Waals surface area contributed by atoms with Gasteiger partial charge in [-0.15, -0.1) is 0 Å². The van der Waals surface area contributed by atoms with Gasteiger partial charge in [0.25, 0.3) is 5.91 Å². The summed E-state index contributed by atoms with van der Waals surface area (Å²) in [7, 11) is 2.08. The van der Waals surface area contributed by atoms with E-state index in [1.54, 1.807) is 0 Å². The number of nitrogens with one attached hydrogen (secondary N) is 1. The van der Waals surface area contributed by atoms with Crippen molar-refractivity contribution in [3.8, 4) is 0 Å². The normalized spacial score (nSPS) is 17.8. The molecule has 30 heavy (non-hydrogen) atoms. The molecule has 0 aromatic heterocycles. The number of nitrogens with zero attached hydrogens (tertiary/aromatic N) is 2. The Balaban J connectivity index is 1.52. The highest BCUT2D eigenvalue weighted by atomic mass is 19.4. The summed E-state index contributed by atoms with van der Waals surface area (Å²) in [5.74, 6) is -0.480. The number of alkyl halides is 3. The van der Waals surface area contributed by atoms with Gasteiger partial charge >= 0.3 is 6.18 Å². The molecule has 1 atom stereocenters. The van der Waals surface area contributed by atoms with E-state index in [1.807, 2.05) is 0 Å². The monoisotopic (exact) mass is 417 g/mol. The molecule has 1 N–H and O–H groups in total. The van der Waals surface area contributed by atoms with E-state index in [9.17, 15) is 18.0 Å². The number of hydrogen-bond donors (Lipinski definition) is 1. The number of benzene rings is 2. The molecule has 4 rings (SSSR count). The number of likely N-dealkylation sites (N-methyl/N-ethyl adjacent to an activating group) is 1. The summed E-state index contributed by atoms with van der Waals surface area (Å²) in [6.07, 6.45) is -1.23. The number of likely N-dealkylation sites (tertiary alicyclic amines) is 1. The fourth-order valence-corrected chi connectivity index (χ4v) is 4.43. The molecule has 0 bridgehead atoms. The smallest absolute Gasteiger partial charge is 0.374 e. The van der Waals surface area contributed by atoms with E-state index in [4.69, 9.17) is 0 Å². The maximum Gasteiger partial charge on any atom is 0.416 e. The van der Waals surface area contributed by atoms with E-state index in [0.717, 1.165) is 56.6 Å². The Labute approximate surface area is 174 Å². The third-order valence-corrected chi connectivity index (χ3v) is 6.11. The average Bonchev–Trinajstić information content (AvgIpc) is 3.38. The lowest BCUT2D eigenvalue weighted by atomic mass is 10.0. The Morgan fingerprint density at radius 1 is 1.10 bits per heavy atom. The fourth-order valence-electron chi connectivity index (χ4n) is 4.43. The summed E-state index contributed by atoms with van der Waals surface area (Å²) in [5.41, 5.74) is 2.92. The minimum Gasteiger partial charge on any atom is -0.374 e. The SMILES string of the molecule is CN1CCc2cc(C(CNC(=O)c3cccc(C(F)(F)F)c3)N3CCCC3)ccc21. The number of carbonyl (C=O) groups excluding carboxylic acids is 1. The molecule has 2 aromatic carbocycles. The fraction of sp³-hybridized carbons (Fsp3) is 0.435. The number of rotatable bonds is 5. The molecule has 0 spiro atoms. The molecule has 0 saturated carbocycles. The Morgan fingerprint density at radius 3 is 2.60 bits per heavy atom. The van der Waals surface area contributed by atoms with Crippen LogP contribution in [0.5, 0.6) is 0 Å². The van der Waals surface area contributed by atoms with Crippen LogP contribution in [0.15, 0.2) is 42.5 Å². The van der Waals surface area contributed by atoms with Crippen LogP contribution < -0.4 is 10.2 Å². The van der Waals surface area contributed by atoms with Crippen LogP contribution >= 0.6 is 0 Å². The van der Waals surface area contributed by atoms with Crippen LogP contribution in [0.3, 0.4) is 0 Å². The Kier molecular flexibility index (Phi) is 5.73. The number of carbonyl (C=O) groups is 1. The van der Waals surface area contributed by atoms with Gasteiger partial charge in [0.15, 0.2) is 0 Å². The minimum absolute atomic E-state index is 0.0125. The van der Waals surface area contributed by atoms with Crippen LogP contribution in [-0.4, -0.2) is 44.0 Å². The molecular weight excluding hydrogens is 391 g/mol. The van der Waals surface area contributed by atoms with Gasteiger partial charge in [-0.05, 0) is 67.7 Å². The van der Waals surface area contributed by atoms with Crippen molar-refractivity contribution in [1.82, 2.24) is 10.2 Å². The van der Waals surface area contributed by atoms with Crippen LogP contribution in [0.25, 0.3) is 0 Å². The summed E-state index contributed by atoms with van der Waals surface area (Å²) in [6, 6.07) is 11.1. The quantitative estimate of drug-likeness (QED) is 0.790. The summed E-state index contributed by atoms with van der Waals surface area (Å²) in [5, 5.41) is 2.87. The lowest BCUT2D eigenvalue weighted by molar-refractivity contribution is -0.137. The van der Waals surface area contributed by atoms with Gasteiger partial charge in [0.1, 0.15) is 0 Å². The van der Waals surface area contributed by atoms with E-state index in [1.165, 1.54) is 23.4 Å². The zero-order valence-electron chi connectivity index (χ0n) is 17.0.